The molecule has 0 unspecified atom stereocenters. The van der Waals surface area contributed by atoms with Crippen LogP contribution in [0.3, 0.4) is 0 Å². The third kappa shape index (κ3) is 2.45. The van der Waals surface area contributed by atoms with Crippen molar-refractivity contribution in [1.82, 2.24) is 4.57 Å². The number of benzene rings is 3. The minimum Gasteiger partial charge on any atom is -0.309 e. The molecule has 130 valence electrons. The molecule has 0 radical (unpaired) electrons. The van der Waals surface area contributed by atoms with E-state index in [1.807, 2.05) is 0 Å². The number of aromatic nitrogens is 2. The molecule has 0 saturated heterocycles. The topological polar surface area (TPSA) is 8.81 Å². The van der Waals surface area contributed by atoms with E-state index in [-0.39, 0.29) is 0 Å². The van der Waals surface area contributed by atoms with Crippen LogP contribution in [0.2, 0.25) is 0 Å². The predicted molar refractivity (Wildman–Crippen MR) is 112 cm³/mol. The van der Waals surface area contributed by atoms with Crippen LogP contribution in [-0.4, -0.2) is 4.57 Å². The average molecular weight is 349 g/mol. The van der Waals surface area contributed by atoms with Crippen molar-refractivity contribution >= 4 is 21.8 Å². The van der Waals surface area contributed by atoms with E-state index in [1.54, 1.807) is 0 Å². The first kappa shape index (κ1) is 15.8. The van der Waals surface area contributed by atoms with Crippen LogP contribution in [0.25, 0.3) is 38.8 Å². The van der Waals surface area contributed by atoms with Crippen LogP contribution in [0.15, 0.2) is 91.1 Å². The molecule has 0 saturated carbocycles. The van der Waals surface area contributed by atoms with E-state index in [0.29, 0.717) is 0 Å². The van der Waals surface area contributed by atoms with E-state index in [0.717, 1.165) is 0 Å². The van der Waals surface area contributed by atoms with Crippen molar-refractivity contribution in [3.8, 4) is 16.9 Å². The summed E-state index contributed by atoms with van der Waals surface area (Å²) in [5.74, 6) is 0. The molecule has 0 N–H and O–H groups in total. The number of para-hydroxylation sites is 2. The molecule has 3 aromatic carbocycles. The van der Waals surface area contributed by atoms with E-state index in [9.17, 15) is 0 Å². The molecule has 27 heavy (non-hydrogen) atoms. The molecule has 0 aliphatic carbocycles. The Hall–Kier alpha value is -3.39. The molecule has 0 atom stereocenters. The number of hydrogen-bond acceptors (Lipinski definition) is 0. The number of hydrogen-bond donors (Lipinski definition) is 0. The van der Waals surface area contributed by atoms with Gasteiger partial charge < -0.3 is 4.57 Å². The fourth-order valence-corrected chi connectivity index (χ4v) is 4.03. The summed E-state index contributed by atoms with van der Waals surface area (Å²) in [6, 6.07) is 30.3. The molecule has 5 aromatic rings. The maximum atomic E-state index is 2.37. The summed E-state index contributed by atoms with van der Waals surface area (Å²) in [5.41, 5.74) is 7.43. The molecular weight excluding hydrogens is 328 g/mol. The van der Waals surface area contributed by atoms with Crippen molar-refractivity contribution < 1.29 is 4.57 Å². The van der Waals surface area contributed by atoms with Gasteiger partial charge in [0.2, 0.25) is 5.69 Å². The average Bonchev–Trinajstić information content (AvgIpc) is 3.04. The van der Waals surface area contributed by atoms with Crippen molar-refractivity contribution in [2.45, 2.75) is 6.92 Å². The lowest BCUT2D eigenvalue weighted by Crippen LogP contribution is -2.30. The predicted octanol–water partition coefficient (Wildman–Crippen LogP) is 5.58. The van der Waals surface area contributed by atoms with Crippen LogP contribution in [0.1, 0.15) is 5.56 Å². The molecular formula is C25H21N2+. The summed E-state index contributed by atoms with van der Waals surface area (Å²) in [6.45, 7) is 2.17. The highest BCUT2D eigenvalue weighted by Gasteiger charge is 2.16. The van der Waals surface area contributed by atoms with E-state index >= 15 is 0 Å². The van der Waals surface area contributed by atoms with Gasteiger partial charge in [-0.2, -0.15) is 0 Å². The fraction of sp³-hybridized carbons (Fsp3) is 0.0800. The first-order valence-corrected chi connectivity index (χ1v) is 9.28. The van der Waals surface area contributed by atoms with Gasteiger partial charge in [0.05, 0.1) is 16.7 Å². The summed E-state index contributed by atoms with van der Waals surface area (Å²) in [7, 11) is 2.11. The third-order valence-electron chi connectivity index (χ3n) is 5.39. The summed E-state index contributed by atoms with van der Waals surface area (Å²) >= 11 is 0. The Morgan fingerprint density at radius 3 is 1.96 bits per heavy atom. The van der Waals surface area contributed by atoms with Crippen molar-refractivity contribution in [2.24, 2.45) is 7.05 Å². The highest BCUT2D eigenvalue weighted by atomic mass is 15.0. The summed E-state index contributed by atoms with van der Waals surface area (Å²) in [4.78, 5) is 0. The van der Waals surface area contributed by atoms with Crippen molar-refractivity contribution in [1.29, 1.82) is 0 Å². The van der Waals surface area contributed by atoms with Gasteiger partial charge in [-0.3, -0.25) is 0 Å². The van der Waals surface area contributed by atoms with Gasteiger partial charge in [0.1, 0.15) is 7.05 Å². The molecule has 0 amide bonds. The van der Waals surface area contributed by atoms with Gasteiger partial charge in [-0.1, -0.05) is 54.6 Å². The Balaban J connectivity index is 1.84. The molecule has 0 aliphatic rings. The number of nitrogens with zero attached hydrogens (tertiary/aromatic N) is 2. The molecule has 2 aromatic heterocycles. The number of fused-ring (bicyclic) bond motifs is 3. The largest absolute Gasteiger partial charge is 0.309 e. The maximum Gasteiger partial charge on any atom is 0.214 e. The van der Waals surface area contributed by atoms with Gasteiger partial charge in [-0.15, -0.1) is 0 Å². The van der Waals surface area contributed by atoms with Gasteiger partial charge in [0, 0.05) is 28.5 Å². The Labute approximate surface area is 158 Å². The minimum absolute atomic E-state index is 1.18. The van der Waals surface area contributed by atoms with Crippen LogP contribution in [-0.2, 0) is 7.05 Å². The lowest BCUT2D eigenvalue weighted by Gasteiger charge is -2.10. The zero-order chi connectivity index (χ0) is 18.4. The molecule has 2 nitrogen and oxygen atoms in total. The zero-order valence-electron chi connectivity index (χ0n) is 15.6. The molecule has 2 heterocycles. The lowest BCUT2D eigenvalue weighted by molar-refractivity contribution is -0.660. The van der Waals surface area contributed by atoms with Gasteiger partial charge in [0.25, 0.3) is 0 Å². The highest BCUT2D eigenvalue weighted by molar-refractivity contribution is 6.09. The highest BCUT2D eigenvalue weighted by Crippen LogP contribution is 2.32. The molecule has 0 aliphatic heterocycles. The summed E-state index contributed by atoms with van der Waals surface area (Å²) in [5, 5.41) is 2.58. The first-order valence-electron chi connectivity index (χ1n) is 9.28. The van der Waals surface area contributed by atoms with Crippen molar-refractivity contribution in [3.05, 3.63) is 96.7 Å². The standard InChI is InChI=1S/C25H21N2/c1-18-9-3-4-10-20(18)25-17-19(15-16-26(25)2)27-23-13-7-5-11-21(23)22-12-6-8-14-24(22)27/h3-17H,1-2H3/q+1. The van der Waals surface area contributed by atoms with Crippen LogP contribution >= 0.6 is 0 Å². The Morgan fingerprint density at radius 2 is 1.30 bits per heavy atom. The number of pyridine rings is 1. The van der Waals surface area contributed by atoms with Crippen molar-refractivity contribution in [2.75, 3.05) is 0 Å². The molecule has 0 fully saturated rings. The number of rotatable bonds is 2. The van der Waals surface area contributed by atoms with Gasteiger partial charge in [-0.05, 0) is 30.7 Å². The van der Waals surface area contributed by atoms with Gasteiger partial charge >= 0.3 is 0 Å². The molecule has 2 heteroatoms. The normalized spacial score (nSPS) is 11.3. The van der Waals surface area contributed by atoms with Crippen LogP contribution < -0.4 is 4.57 Å². The molecule has 0 bridgehead atoms. The summed E-state index contributed by atoms with van der Waals surface area (Å²) in [6.07, 6.45) is 2.15. The molecule has 5 rings (SSSR count). The van der Waals surface area contributed by atoms with E-state index in [2.05, 4.69) is 114 Å². The smallest absolute Gasteiger partial charge is 0.214 e. The zero-order valence-corrected chi connectivity index (χ0v) is 15.6. The first-order chi connectivity index (χ1) is 13.2. The minimum atomic E-state index is 1.18. The van der Waals surface area contributed by atoms with Gasteiger partial charge in [-0.25, -0.2) is 4.57 Å². The van der Waals surface area contributed by atoms with E-state index in [4.69, 9.17) is 0 Å². The summed E-state index contributed by atoms with van der Waals surface area (Å²) < 4.78 is 4.56. The Morgan fingerprint density at radius 1 is 0.704 bits per heavy atom. The third-order valence-corrected chi connectivity index (χ3v) is 5.39. The molecule has 0 spiro atoms. The van der Waals surface area contributed by atoms with Crippen molar-refractivity contribution in [3.63, 3.8) is 0 Å². The quantitative estimate of drug-likeness (QED) is 0.368. The second-order valence-electron chi connectivity index (χ2n) is 7.07. The Bertz CT molecular complexity index is 1240. The number of aryl methyl sites for hydroxylation is 2. The van der Waals surface area contributed by atoms with Crippen LogP contribution in [0.4, 0.5) is 0 Å². The maximum absolute atomic E-state index is 2.37. The fourth-order valence-electron chi connectivity index (χ4n) is 4.03. The Kier molecular flexibility index (Phi) is 3.58. The SMILES string of the molecule is Cc1ccccc1-c1cc(-n2c3ccccc3c3ccccc32)cc[n+]1C. The van der Waals surface area contributed by atoms with E-state index in [1.165, 1.54) is 44.3 Å². The van der Waals surface area contributed by atoms with E-state index < -0.39 is 0 Å². The van der Waals surface area contributed by atoms with Crippen LogP contribution in [0.5, 0.6) is 0 Å². The second-order valence-corrected chi connectivity index (χ2v) is 7.07. The van der Waals surface area contributed by atoms with Crippen LogP contribution in [0, 0.1) is 6.92 Å². The second kappa shape index (κ2) is 6.10. The van der Waals surface area contributed by atoms with Gasteiger partial charge in [0.15, 0.2) is 6.20 Å². The monoisotopic (exact) mass is 349 g/mol. The lowest BCUT2D eigenvalue weighted by atomic mass is 10.0.